The molecule has 3 nitrogen and oxygen atoms in total. The summed E-state index contributed by atoms with van der Waals surface area (Å²) >= 11 is 0. The standard InChI is InChI=1S/C11H14N2O/c12-11(14)7-8-5-6-13-10-4-2-1-3-9(8)10/h1-4,8,13H,5-7H2,(H2,12,14). The third-order valence-electron chi connectivity index (χ3n) is 2.66. The molecule has 1 unspecified atom stereocenters. The molecule has 1 aromatic carbocycles. The molecular weight excluding hydrogens is 176 g/mol. The zero-order valence-electron chi connectivity index (χ0n) is 7.99. The highest BCUT2D eigenvalue weighted by Gasteiger charge is 2.20. The summed E-state index contributed by atoms with van der Waals surface area (Å²) in [6.45, 7) is 0.926. The third kappa shape index (κ3) is 1.71. The second-order valence-corrected chi connectivity index (χ2v) is 3.67. The molecule has 1 aliphatic rings. The summed E-state index contributed by atoms with van der Waals surface area (Å²) in [5, 5.41) is 3.31. The first kappa shape index (κ1) is 9.06. The number of hydrogen-bond donors (Lipinski definition) is 2. The molecule has 0 aromatic heterocycles. The quantitative estimate of drug-likeness (QED) is 0.741. The van der Waals surface area contributed by atoms with Gasteiger partial charge in [0.15, 0.2) is 0 Å². The second-order valence-electron chi connectivity index (χ2n) is 3.67. The number of rotatable bonds is 2. The molecule has 0 saturated heterocycles. The van der Waals surface area contributed by atoms with Crippen LogP contribution in [0.25, 0.3) is 0 Å². The van der Waals surface area contributed by atoms with Gasteiger partial charge >= 0.3 is 0 Å². The fourth-order valence-electron chi connectivity index (χ4n) is 2.01. The Hall–Kier alpha value is -1.51. The molecule has 1 atom stereocenters. The Bertz CT molecular complexity index is 349. The van der Waals surface area contributed by atoms with Crippen LogP contribution in [0.1, 0.15) is 24.3 Å². The molecule has 1 aromatic rings. The first-order chi connectivity index (χ1) is 6.77. The summed E-state index contributed by atoms with van der Waals surface area (Å²) < 4.78 is 0. The van der Waals surface area contributed by atoms with Crippen molar-refractivity contribution in [1.29, 1.82) is 0 Å². The number of hydrogen-bond acceptors (Lipinski definition) is 2. The molecule has 0 saturated carbocycles. The Kier molecular flexibility index (Phi) is 2.39. The van der Waals surface area contributed by atoms with Crippen molar-refractivity contribution in [2.24, 2.45) is 5.73 Å². The fraction of sp³-hybridized carbons (Fsp3) is 0.364. The number of primary amides is 1. The van der Waals surface area contributed by atoms with Crippen LogP contribution in [0, 0.1) is 0 Å². The Morgan fingerprint density at radius 3 is 3.07 bits per heavy atom. The van der Waals surface area contributed by atoms with E-state index in [1.54, 1.807) is 0 Å². The lowest BCUT2D eigenvalue weighted by Crippen LogP contribution is -2.22. The van der Waals surface area contributed by atoms with E-state index in [2.05, 4.69) is 11.4 Å². The zero-order valence-corrected chi connectivity index (χ0v) is 7.99. The van der Waals surface area contributed by atoms with Gasteiger partial charge in [-0.1, -0.05) is 18.2 Å². The highest BCUT2D eigenvalue weighted by molar-refractivity contribution is 5.75. The van der Waals surface area contributed by atoms with Gasteiger partial charge in [-0.15, -0.1) is 0 Å². The van der Waals surface area contributed by atoms with E-state index in [1.165, 1.54) is 5.56 Å². The normalized spacial score (nSPS) is 19.6. The first-order valence-corrected chi connectivity index (χ1v) is 4.88. The van der Waals surface area contributed by atoms with Gasteiger partial charge in [0, 0.05) is 18.7 Å². The highest BCUT2D eigenvalue weighted by Crippen LogP contribution is 2.33. The van der Waals surface area contributed by atoms with Gasteiger partial charge in [0.2, 0.25) is 5.91 Å². The van der Waals surface area contributed by atoms with Crippen LogP contribution in [-0.4, -0.2) is 12.5 Å². The predicted molar refractivity (Wildman–Crippen MR) is 56.1 cm³/mol. The molecule has 3 N–H and O–H groups in total. The van der Waals surface area contributed by atoms with Gasteiger partial charge in [-0.25, -0.2) is 0 Å². The lowest BCUT2D eigenvalue weighted by molar-refractivity contribution is -0.118. The lowest BCUT2D eigenvalue weighted by Gasteiger charge is -2.25. The van der Waals surface area contributed by atoms with Crippen molar-refractivity contribution >= 4 is 11.6 Å². The van der Waals surface area contributed by atoms with Crippen LogP contribution in [0.3, 0.4) is 0 Å². The van der Waals surface area contributed by atoms with Crippen LogP contribution in [0.15, 0.2) is 24.3 Å². The van der Waals surface area contributed by atoms with E-state index in [9.17, 15) is 4.79 Å². The van der Waals surface area contributed by atoms with E-state index in [1.807, 2.05) is 18.2 Å². The summed E-state index contributed by atoms with van der Waals surface area (Å²) in [5.41, 5.74) is 7.58. The lowest BCUT2D eigenvalue weighted by atomic mass is 9.88. The number of carbonyl (C=O) groups excluding carboxylic acids is 1. The van der Waals surface area contributed by atoms with Gasteiger partial charge in [0.25, 0.3) is 0 Å². The molecule has 1 aliphatic heterocycles. The summed E-state index contributed by atoms with van der Waals surface area (Å²) in [5.74, 6) is 0.0802. The van der Waals surface area contributed by atoms with Gasteiger partial charge in [-0.3, -0.25) is 4.79 Å². The smallest absolute Gasteiger partial charge is 0.218 e. The molecule has 0 fully saturated rings. The van der Waals surface area contributed by atoms with Crippen molar-refractivity contribution in [1.82, 2.24) is 0 Å². The second kappa shape index (κ2) is 3.70. The van der Waals surface area contributed by atoms with Crippen LogP contribution in [0.2, 0.25) is 0 Å². The number of carbonyl (C=O) groups is 1. The zero-order chi connectivity index (χ0) is 9.97. The Morgan fingerprint density at radius 1 is 1.50 bits per heavy atom. The highest BCUT2D eigenvalue weighted by atomic mass is 16.1. The summed E-state index contributed by atoms with van der Waals surface area (Å²) in [6.07, 6.45) is 1.44. The van der Waals surface area contributed by atoms with E-state index in [-0.39, 0.29) is 5.91 Å². The van der Waals surface area contributed by atoms with Crippen LogP contribution < -0.4 is 11.1 Å². The van der Waals surface area contributed by atoms with Crippen LogP contribution in [-0.2, 0) is 4.79 Å². The molecule has 1 heterocycles. The molecule has 3 heteroatoms. The average Bonchev–Trinajstić information content (AvgIpc) is 2.18. The molecule has 74 valence electrons. The van der Waals surface area contributed by atoms with E-state index in [0.29, 0.717) is 12.3 Å². The number of nitrogens with two attached hydrogens (primary N) is 1. The van der Waals surface area contributed by atoms with Crippen molar-refractivity contribution in [3.05, 3.63) is 29.8 Å². The fourth-order valence-corrected chi connectivity index (χ4v) is 2.01. The molecule has 2 rings (SSSR count). The van der Waals surface area contributed by atoms with Crippen LogP contribution >= 0.6 is 0 Å². The Balaban J connectivity index is 2.26. The summed E-state index contributed by atoms with van der Waals surface area (Å²) in [6, 6.07) is 8.11. The van der Waals surface area contributed by atoms with Crippen LogP contribution in [0.5, 0.6) is 0 Å². The average molecular weight is 190 g/mol. The van der Waals surface area contributed by atoms with E-state index >= 15 is 0 Å². The number of benzene rings is 1. The minimum Gasteiger partial charge on any atom is -0.385 e. The number of fused-ring (bicyclic) bond motifs is 1. The number of nitrogens with one attached hydrogen (secondary N) is 1. The Morgan fingerprint density at radius 2 is 2.29 bits per heavy atom. The van der Waals surface area contributed by atoms with Gasteiger partial charge in [-0.05, 0) is 24.0 Å². The molecule has 0 bridgehead atoms. The van der Waals surface area contributed by atoms with Gasteiger partial charge < -0.3 is 11.1 Å². The molecule has 0 aliphatic carbocycles. The van der Waals surface area contributed by atoms with Crippen molar-refractivity contribution in [2.45, 2.75) is 18.8 Å². The summed E-state index contributed by atoms with van der Waals surface area (Å²) in [4.78, 5) is 10.9. The van der Waals surface area contributed by atoms with Gasteiger partial charge in [-0.2, -0.15) is 0 Å². The van der Waals surface area contributed by atoms with Crippen molar-refractivity contribution in [2.75, 3.05) is 11.9 Å². The minimum atomic E-state index is -0.216. The van der Waals surface area contributed by atoms with E-state index in [0.717, 1.165) is 18.7 Å². The summed E-state index contributed by atoms with van der Waals surface area (Å²) in [7, 11) is 0. The SMILES string of the molecule is NC(=O)CC1CCNc2ccccc21. The van der Waals surface area contributed by atoms with Crippen LogP contribution in [0.4, 0.5) is 5.69 Å². The van der Waals surface area contributed by atoms with Crippen molar-refractivity contribution < 1.29 is 4.79 Å². The van der Waals surface area contributed by atoms with Crippen molar-refractivity contribution in [3.63, 3.8) is 0 Å². The first-order valence-electron chi connectivity index (χ1n) is 4.88. The monoisotopic (exact) mass is 190 g/mol. The molecule has 0 spiro atoms. The topological polar surface area (TPSA) is 55.1 Å². The largest absolute Gasteiger partial charge is 0.385 e. The van der Waals surface area contributed by atoms with E-state index in [4.69, 9.17) is 5.73 Å². The molecule has 0 radical (unpaired) electrons. The molecular formula is C11H14N2O. The Labute approximate surface area is 83.3 Å². The maximum Gasteiger partial charge on any atom is 0.218 e. The maximum atomic E-state index is 10.9. The number of anilines is 1. The molecule has 1 amide bonds. The van der Waals surface area contributed by atoms with Crippen molar-refractivity contribution in [3.8, 4) is 0 Å². The van der Waals surface area contributed by atoms with E-state index < -0.39 is 0 Å². The maximum absolute atomic E-state index is 10.9. The predicted octanol–water partition coefficient (Wildman–Crippen LogP) is 1.46. The number of amides is 1. The third-order valence-corrected chi connectivity index (χ3v) is 2.66. The number of para-hydroxylation sites is 1. The minimum absolute atomic E-state index is 0.216. The molecule has 14 heavy (non-hydrogen) atoms. The van der Waals surface area contributed by atoms with Gasteiger partial charge in [0.05, 0.1) is 0 Å². The van der Waals surface area contributed by atoms with Gasteiger partial charge in [0.1, 0.15) is 0 Å².